The standard InChI is InChI=1S/C13H20N2O4S/c1-3-19-13(16)14-9-10-15(20(2,17)18)11-12-7-5-4-6-8-12/h4-8H,3,9-11H2,1-2H3,(H,14,16). The lowest BCUT2D eigenvalue weighted by Crippen LogP contribution is -2.37. The SMILES string of the molecule is CCOC(=O)NCCN(Cc1ccccc1)S(C)(=O)=O. The smallest absolute Gasteiger partial charge is 0.407 e. The third-order valence-corrected chi connectivity index (χ3v) is 3.83. The number of carbonyl (C=O) groups is 1. The van der Waals surface area contributed by atoms with Crippen LogP contribution in [0, 0.1) is 0 Å². The van der Waals surface area contributed by atoms with Crippen LogP contribution < -0.4 is 5.32 Å². The normalized spacial score (nSPS) is 11.3. The summed E-state index contributed by atoms with van der Waals surface area (Å²) in [6.45, 7) is 2.68. The van der Waals surface area contributed by atoms with Gasteiger partial charge in [-0.15, -0.1) is 0 Å². The summed E-state index contributed by atoms with van der Waals surface area (Å²) < 4.78 is 29.5. The van der Waals surface area contributed by atoms with Crippen LogP contribution in [-0.2, 0) is 21.3 Å². The van der Waals surface area contributed by atoms with Crippen LogP contribution in [0.5, 0.6) is 0 Å². The minimum atomic E-state index is -3.33. The highest BCUT2D eigenvalue weighted by atomic mass is 32.2. The van der Waals surface area contributed by atoms with Gasteiger partial charge in [-0.1, -0.05) is 30.3 Å². The van der Waals surface area contributed by atoms with E-state index >= 15 is 0 Å². The van der Waals surface area contributed by atoms with E-state index in [1.165, 1.54) is 4.31 Å². The predicted octanol–water partition coefficient (Wildman–Crippen LogP) is 1.19. The Balaban J connectivity index is 2.56. The van der Waals surface area contributed by atoms with Crippen molar-refractivity contribution in [1.82, 2.24) is 9.62 Å². The van der Waals surface area contributed by atoms with Crippen molar-refractivity contribution in [3.63, 3.8) is 0 Å². The molecule has 0 spiro atoms. The van der Waals surface area contributed by atoms with Gasteiger partial charge in [-0.3, -0.25) is 0 Å². The van der Waals surface area contributed by atoms with E-state index in [4.69, 9.17) is 4.74 Å². The quantitative estimate of drug-likeness (QED) is 0.821. The highest BCUT2D eigenvalue weighted by Gasteiger charge is 2.16. The molecule has 7 heteroatoms. The number of ether oxygens (including phenoxy) is 1. The van der Waals surface area contributed by atoms with Gasteiger partial charge in [-0.25, -0.2) is 13.2 Å². The Morgan fingerprint density at radius 3 is 2.50 bits per heavy atom. The van der Waals surface area contributed by atoms with Crippen LogP contribution in [0.25, 0.3) is 0 Å². The highest BCUT2D eigenvalue weighted by molar-refractivity contribution is 7.88. The first-order valence-corrected chi connectivity index (χ1v) is 8.18. The summed E-state index contributed by atoms with van der Waals surface area (Å²) in [6.07, 6.45) is 0.612. The molecule has 1 amide bonds. The second kappa shape index (κ2) is 7.86. The number of benzene rings is 1. The van der Waals surface area contributed by atoms with Crippen LogP contribution in [0.15, 0.2) is 30.3 Å². The summed E-state index contributed by atoms with van der Waals surface area (Å²) in [5.41, 5.74) is 0.897. The molecule has 6 nitrogen and oxygen atoms in total. The Morgan fingerprint density at radius 1 is 1.30 bits per heavy atom. The zero-order valence-electron chi connectivity index (χ0n) is 11.7. The van der Waals surface area contributed by atoms with Crippen LogP contribution in [0.2, 0.25) is 0 Å². The molecule has 0 atom stereocenters. The van der Waals surface area contributed by atoms with Crippen LogP contribution in [0.4, 0.5) is 4.79 Å². The van der Waals surface area contributed by atoms with E-state index in [2.05, 4.69) is 5.32 Å². The Bertz CT molecular complexity index is 516. The molecule has 1 aromatic carbocycles. The molecule has 1 rings (SSSR count). The topological polar surface area (TPSA) is 75.7 Å². The number of sulfonamides is 1. The molecule has 20 heavy (non-hydrogen) atoms. The second-order valence-electron chi connectivity index (χ2n) is 4.23. The summed E-state index contributed by atoms with van der Waals surface area (Å²) >= 11 is 0. The molecular formula is C13H20N2O4S. The lowest BCUT2D eigenvalue weighted by molar-refractivity contribution is 0.151. The third kappa shape index (κ3) is 6.03. The van der Waals surface area contributed by atoms with E-state index < -0.39 is 16.1 Å². The zero-order chi connectivity index (χ0) is 15.0. The van der Waals surface area contributed by atoms with Crippen LogP contribution >= 0.6 is 0 Å². The number of nitrogens with zero attached hydrogens (tertiary/aromatic N) is 1. The van der Waals surface area contributed by atoms with Gasteiger partial charge in [0.05, 0.1) is 12.9 Å². The molecule has 0 saturated heterocycles. The molecule has 0 aromatic heterocycles. The van der Waals surface area contributed by atoms with Crippen molar-refractivity contribution in [2.45, 2.75) is 13.5 Å². The molecular weight excluding hydrogens is 280 g/mol. The van der Waals surface area contributed by atoms with Crippen LogP contribution in [0.3, 0.4) is 0 Å². The van der Waals surface area contributed by atoms with Crippen molar-refractivity contribution in [1.29, 1.82) is 0 Å². The van der Waals surface area contributed by atoms with E-state index in [0.29, 0.717) is 0 Å². The molecule has 0 aliphatic heterocycles. The van der Waals surface area contributed by atoms with Crippen LogP contribution in [0.1, 0.15) is 12.5 Å². The fourth-order valence-corrected chi connectivity index (χ4v) is 2.42. The summed E-state index contributed by atoms with van der Waals surface area (Å²) in [5.74, 6) is 0. The van der Waals surface area contributed by atoms with E-state index in [0.717, 1.165) is 11.8 Å². The minimum absolute atomic E-state index is 0.201. The van der Waals surface area contributed by atoms with Crippen molar-refractivity contribution in [2.24, 2.45) is 0 Å². The average Bonchev–Trinajstić information content (AvgIpc) is 2.38. The van der Waals surface area contributed by atoms with Crippen molar-refractivity contribution < 1.29 is 17.9 Å². The molecule has 0 fully saturated rings. The van der Waals surface area contributed by atoms with Gasteiger partial charge in [-0.2, -0.15) is 4.31 Å². The molecule has 0 unspecified atom stereocenters. The zero-order valence-corrected chi connectivity index (χ0v) is 12.5. The molecule has 1 aromatic rings. The van der Waals surface area contributed by atoms with E-state index in [-0.39, 0.29) is 26.2 Å². The highest BCUT2D eigenvalue weighted by Crippen LogP contribution is 2.07. The van der Waals surface area contributed by atoms with Crippen LogP contribution in [-0.4, -0.2) is 44.8 Å². The van der Waals surface area contributed by atoms with E-state index in [9.17, 15) is 13.2 Å². The predicted molar refractivity (Wildman–Crippen MR) is 76.7 cm³/mol. The molecule has 0 radical (unpaired) electrons. The fourth-order valence-electron chi connectivity index (χ4n) is 1.61. The van der Waals surface area contributed by atoms with Gasteiger partial charge >= 0.3 is 6.09 Å². The molecule has 0 bridgehead atoms. The van der Waals surface area contributed by atoms with E-state index in [1.807, 2.05) is 30.3 Å². The van der Waals surface area contributed by atoms with Gasteiger partial charge in [0.15, 0.2) is 0 Å². The average molecular weight is 300 g/mol. The third-order valence-electron chi connectivity index (χ3n) is 2.58. The fraction of sp³-hybridized carbons (Fsp3) is 0.462. The monoisotopic (exact) mass is 300 g/mol. The van der Waals surface area contributed by atoms with E-state index in [1.54, 1.807) is 6.92 Å². The molecule has 0 heterocycles. The number of nitrogens with one attached hydrogen (secondary N) is 1. The van der Waals surface area contributed by atoms with Gasteiger partial charge in [-0.05, 0) is 12.5 Å². The number of hydrogen-bond acceptors (Lipinski definition) is 4. The maximum Gasteiger partial charge on any atom is 0.407 e. The number of carbonyl (C=O) groups excluding carboxylic acids is 1. The number of alkyl carbamates (subject to hydrolysis) is 1. The van der Waals surface area contributed by atoms with Crippen molar-refractivity contribution >= 4 is 16.1 Å². The van der Waals surface area contributed by atoms with Gasteiger partial charge in [0.25, 0.3) is 0 Å². The lowest BCUT2D eigenvalue weighted by Gasteiger charge is -2.20. The largest absolute Gasteiger partial charge is 0.450 e. The van der Waals surface area contributed by atoms with Gasteiger partial charge in [0.1, 0.15) is 0 Å². The molecule has 0 aliphatic rings. The Labute approximate surface area is 119 Å². The van der Waals surface area contributed by atoms with Gasteiger partial charge < -0.3 is 10.1 Å². The Hall–Kier alpha value is -1.60. The number of hydrogen-bond donors (Lipinski definition) is 1. The maximum absolute atomic E-state index is 11.7. The summed E-state index contributed by atoms with van der Waals surface area (Å²) in [7, 11) is -3.33. The first kappa shape index (κ1) is 16.5. The number of amides is 1. The molecule has 0 saturated carbocycles. The molecule has 0 aliphatic carbocycles. The number of rotatable bonds is 7. The Kier molecular flexibility index (Phi) is 6.47. The van der Waals surface area contributed by atoms with Crippen molar-refractivity contribution in [3.05, 3.63) is 35.9 Å². The van der Waals surface area contributed by atoms with Crippen molar-refractivity contribution in [3.8, 4) is 0 Å². The first-order valence-electron chi connectivity index (χ1n) is 6.33. The first-order chi connectivity index (χ1) is 9.43. The maximum atomic E-state index is 11.7. The van der Waals surface area contributed by atoms with Gasteiger partial charge in [0.2, 0.25) is 10.0 Å². The molecule has 112 valence electrons. The lowest BCUT2D eigenvalue weighted by atomic mass is 10.2. The molecule has 1 N–H and O–H groups in total. The Morgan fingerprint density at radius 2 is 1.95 bits per heavy atom. The van der Waals surface area contributed by atoms with Crippen molar-refractivity contribution in [2.75, 3.05) is 26.0 Å². The summed E-state index contributed by atoms with van der Waals surface area (Å²) in [5, 5.41) is 2.50. The minimum Gasteiger partial charge on any atom is -0.450 e. The van der Waals surface area contributed by atoms with Gasteiger partial charge in [0, 0.05) is 19.6 Å². The second-order valence-corrected chi connectivity index (χ2v) is 6.21. The summed E-state index contributed by atoms with van der Waals surface area (Å²) in [4.78, 5) is 11.1. The summed E-state index contributed by atoms with van der Waals surface area (Å²) in [6, 6.07) is 9.30.